The Hall–Kier alpha value is -2.70. The molecule has 3 rings (SSSR count). The normalized spacial score (nSPS) is 20.7. The number of hydrogen-bond acceptors (Lipinski definition) is 5. The van der Waals surface area contributed by atoms with Gasteiger partial charge in [0.15, 0.2) is 6.17 Å². The van der Waals surface area contributed by atoms with Gasteiger partial charge in [-0.25, -0.2) is 4.79 Å². The van der Waals surface area contributed by atoms with Crippen LogP contribution in [-0.2, 0) is 11.3 Å². The van der Waals surface area contributed by atoms with Crippen LogP contribution in [0, 0.1) is 0 Å². The quantitative estimate of drug-likeness (QED) is 0.849. The minimum atomic E-state index is -0.622. The molecule has 3 amide bonds. The predicted octanol–water partition coefficient (Wildman–Crippen LogP) is 1.76. The maximum atomic E-state index is 12.3. The maximum Gasteiger partial charge on any atom is 0.329 e. The molecule has 0 unspecified atom stereocenters. The van der Waals surface area contributed by atoms with Crippen LogP contribution in [-0.4, -0.2) is 42.1 Å². The van der Waals surface area contributed by atoms with Gasteiger partial charge in [-0.1, -0.05) is 12.1 Å². The zero-order valence-corrected chi connectivity index (χ0v) is 11.7. The Bertz CT molecular complexity index is 651. The average molecular weight is 286 g/mol. The molecule has 1 aromatic rings. The number of hydrogen-bond donors (Lipinski definition) is 0. The van der Waals surface area contributed by atoms with E-state index in [0.717, 1.165) is 16.2 Å². The summed E-state index contributed by atoms with van der Waals surface area (Å²) in [6.07, 6.45) is 0.792. The monoisotopic (exact) mass is 286 g/mol. The highest BCUT2D eigenvalue weighted by Crippen LogP contribution is 2.28. The molecule has 0 spiro atoms. The van der Waals surface area contributed by atoms with E-state index in [1.54, 1.807) is 7.11 Å². The fourth-order valence-corrected chi connectivity index (χ4v) is 2.34. The molecule has 0 N–H and O–H groups in total. The van der Waals surface area contributed by atoms with Gasteiger partial charge in [0.05, 0.1) is 18.9 Å². The Morgan fingerprint density at radius 1 is 1.24 bits per heavy atom. The summed E-state index contributed by atoms with van der Waals surface area (Å²) in [4.78, 5) is 26.9. The van der Waals surface area contributed by atoms with Crippen molar-refractivity contribution in [3.8, 4) is 5.75 Å². The second kappa shape index (κ2) is 5.01. The van der Waals surface area contributed by atoms with Crippen LogP contribution >= 0.6 is 0 Å². The van der Waals surface area contributed by atoms with Gasteiger partial charge in [0.1, 0.15) is 5.75 Å². The number of azo groups is 1. The molecule has 1 aromatic carbocycles. The van der Waals surface area contributed by atoms with Crippen LogP contribution < -0.4 is 4.74 Å². The number of likely N-dealkylation sites (N-methyl/N-ethyl adjacent to an activating group) is 1. The highest BCUT2D eigenvalue weighted by molar-refractivity contribution is 6.07. The highest BCUT2D eigenvalue weighted by atomic mass is 16.5. The zero-order valence-electron chi connectivity index (χ0n) is 11.7. The Labute approximate surface area is 121 Å². The third kappa shape index (κ3) is 2.16. The van der Waals surface area contributed by atoms with Crippen LogP contribution in [0.1, 0.15) is 5.56 Å². The molecule has 0 radical (unpaired) electrons. The number of carbonyl (C=O) groups excluding carboxylic acids is 2. The van der Waals surface area contributed by atoms with Crippen molar-refractivity contribution in [1.82, 2.24) is 9.80 Å². The fraction of sp³-hybridized carbons (Fsp3) is 0.286. The van der Waals surface area contributed by atoms with Gasteiger partial charge in [0, 0.05) is 13.6 Å². The lowest BCUT2D eigenvalue weighted by molar-refractivity contribution is -0.126. The molecular weight excluding hydrogens is 272 g/mol. The Kier molecular flexibility index (Phi) is 3.17. The highest BCUT2D eigenvalue weighted by Gasteiger charge is 2.42. The van der Waals surface area contributed by atoms with Crippen molar-refractivity contribution >= 4 is 11.9 Å². The van der Waals surface area contributed by atoms with Crippen LogP contribution in [0.4, 0.5) is 4.79 Å². The van der Waals surface area contributed by atoms with Crippen molar-refractivity contribution in [3.05, 3.63) is 41.6 Å². The van der Waals surface area contributed by atoms with Gasteiger partial charge in [-0.2, -0.15) is 10.2 Å². The topological polar surface area (TPSA) is 74.6 Å². The SMILES string of the molecule is COc1ccc(CN2C(=O)N(C)C(=O)C3=CN=N[C@@H]32)cc1. The molecule has 2 heterocycles. The van der Waals surface area contributed by atoms with E-state index in [0.29, 0.717) is 12.1 Å². The van der Waals surface area contributed by atoms with E-state index in [2.05, 4.69) is 10.2 Å². The van der Waals surface area contributed by atoms with Crippen LogP contribution in [0.5, 0.6) is 5.75 Å². The molecular formula is C14H14N4O3. The van der Waals surface area contributed by atoms with E-state index in [4.69, 9.17) is 4.74 Å². The summed E-state index contributed by atoms with van der Waals surface area (Å²) < 4.78 is 5.10. The van der Waals surface area contributed by atoms with Crippen LogP contribution in [0.25, 0.3) is 0 Å². The van der Waals surface area contributed by atoms with Crippen molar-refractivity contribution in [1.29, 1.82) is 0 Å². The molecule has 21 heavy (non-hydrogen) atoms. The summed E-state index contributed by atoms with van der Waals surface area (Å²) in [6.45, 7) is 0.349. The van der Waals surface area contributed by atoms with E-state index >= 15 is 0 Å². The van der Waals surface area contributed by atoms with Gasteiger partial charge in [-0.15, -0.1) is 0 Å². The second-order valence-electron chi connectivity index (χ2n) is 4.81. The van der Waals surface area contributed by atoms with E-state index < -0.39 is 6.17 Å². The van der Waals surface area contributed by atoms with E-state index in [1.165, 1.54) is 18.1 Å². The molecule has 0 bridgehead atoms. The minimum absolute atomic E-state index is 0.346. The van der Waals surface area contributed by atoms with E-state index in [9.17, 15) is 9.59 Å². The largest absolute Gasteiger partial charge is 0.497 e. The lowest BCUT2D eigenvalue weighted by atomic mass is 10.1. The van der Waals surface area contributed by atoms with E-state index in [1.807, 2.05) is 24.3 Å². The second-order valence-corrected chi connectivity index (χ2v) is 4.81. The Morgan fingerprint density at radius 3 is 2.62 bits per heavy atom. The van der Waals surface area contributed by atoms with Crippen molar-refractivity contribution in [3.63, 3.8) is 0 Å². The first-order valence-corrected chi connectivity index (χ1v) is 6.43. The van der Waals surface area contributed by atoms with Gasteiger partial charge >= 0.3 is 6.03 Å². The summed E-state index contributed by atoms with van der Waals surface area (Å²) in [5, 5.41) is 7.74. The van der Waals surface area contributed by atoms with Gasteiger partial charge in [-0.3, -0.25) is 14.6 Å². The Morgan fingerprint density at radius 2 is 1.95 bits per heavy atom. The number of carbonyl (C=O) groups is 2. The van der Waals surface area contributed by atoms with E-state index in [-0.39, 0.29) is 11.9 Å². The molecule has 7 nitrogen and oxygen atoms in total. The minimum Gasteiger partial charge on any atom is -0.497 e. The molecule has 0 saturated carbocycles. The number of amides is 3. The van der Waals surface area contributed by atoms with Gasteiger partial charge in [0.2, 0.25) is 0 Å². The summed E-state index contributed by atoms with van der Waals surface area (Å²) in [5.41, 5.74) is 1.35. The first-order chi connectivity index (χ1) is 10.1. The number of nitrogens with zero attached hydrogens (tertiary/aromatic N) is 4. The first-order valence-electron chi connectivity index (χ1n) is 6.43. The third-order valence-corrected chi connectivity index (χ3v) is 3.54. The number of fused-ring (bicyclic) bond motifs is 1. The lowest BCUT2D eigenvalue weighted by Gasteiger charge is -2.36. The van der Waals surface area contributed by atoms with Crippen LogP contribution in [0.3, 0.4) is 0 Å². The number of imide groups is 1. The zero-order chi connectivity index (χ0) is 15.0. The molecule has 2 aliphatic heterocycles. The number of methoxy groups -OCH3 is 1. The fourth-order valence-electron chi connectivity index (χ4n) is 2.34. The summed E-state index contributed by atoms with van der Waals surface area (Å²) in [7, 11) is 3.06. The summed E-state index contributed by atoms with van der Waals surface area (Å²) in [6, 6.07) is 7.02. The average Bonchev–Trinajstić information content (AvgIpc) is 2.99. The van der Waals surface area contributed by atoms with Gasteiger partial charge in [0.25, 0.3) is 5.91 Å². The van der Waals surface area contributed by atoms with Crippen molar-refractivity contribution in [2.45, 2.75) is 12.7 Å². The molecule has 1 fully saturated rings. The van der Waals surface area contributed by atoms with Gasteiger partial charge < -0.3 is 4.74 Å². The number of ether oxygens (including phenoxy) is 1. The number of rotatable bonds is 3. The van der Waals surface area contributed by atoms with Crippen molar-refractivity contribution in [2.75, 3.05) is 14.2 Å². The Balaban J connectivity index is 1.86. The molecule has 1 saturated heterocycles. The molecule has 108 valence electrons. The van der Waals surface area contributed by atoms with Crippen LogP contribution in [0.15, 0.2) is 46.3 Å². The van der Waals surface area contributed by atoms with Crippen molar-refractivity contribution < 1.29 is 14.3 Å². The first kappa shape index (κ1) is 13.3. The predicted molar refractivity (Wildman–Crippen MR) is 73.4 cm³/mol. The van der Waals surface area contributed by atoms with Crippen molar-refractivity contribution in [2.24, 2.45) is 10.2 Å². The van der Waals surface area contributed by atoms with Crippen LogP contribution in [0.2, 0.25) is 0 Å². The van der Waals surface area contributed by atoms with Gasteiger partial charge in [-0.05, 0) is 17.7 Å². The molecule has 2 aliphatic rings. The standard InChI is InChI=1S/C14H14N4O3/c1-17-13(19)11-7-15-16-12(11)18(14(17)20)8-9-3-5-10(21-2)6-4-9/h3-7,12H,8H2,1-2H3/t12-/m1/s1. The molecule has 1 atom stereocenters. The smallest absolute Gasteiger partial charge is 0.329 e. The number of benzene rings is 1. The number of urea groups is 1. The molecule has 7 heteroatoms. The summed E-state index contributed by atoms with van der Waals surface area (Å²) in [5.74, 6) is 0.401. The molecule has 0 aliphatic carbocycles. The third-order valence-electron chi connectivity index (χ3n) is 3.54. The maximum absolute atomic E-state index is 12.3. The summed E-state index contributed by atoms with van der Waals surface area (Å²) >= 11 is 0. The lowest BCUT2D eigenvalue weighted by Crippen LogP contribution is -2.55. The molecule has 0 aromatic heterocycles.